The average molecular weight is 441 g/mol. The molecule has 2 saturated heterocycles. The molecule has 4 rings (SSSR count). The number of amides is 2. The van der Waals surface area contributed by atoms with E-state index in [1.807, 2.05) is 13.0 Å². The first-order chi connectivity index (χ1) is 15.4. The van der Waals surface area contributed by atoms with Gasteiger partial charge in [-0.1, -0.05) is 5.92 Å². The van der Waals surface area contributed by atoms with E-state index in [-0.39, 0.29) is 30.1 Å². The Hall–Kier alpha value is -2.79. The van der Waals surface area contributed by atoms with Gasteiger partial charge in [-0.3, -0.25) is 10.1 Å². The van der Waals surface area contributed by atoms with E-state index in [0.717, 1.165) is 69.4 Å². The third-order valence-electron chi connectivity index (χ3n) is 7.17. The van der Waals surface area contributed by atoms with Crippen LogP contribution in [0, 0.1) is 24.7 Å². The van der Waals surface area contributed by atoms with E-state index in [2.05, 4.69) is 26.0 Å². The summed E-state index contributed by atoms with van der Waals surface area (Å²) in [6.07, 6.45) is 12.0. The largest absolute Gasteiger partial charge is 0.436 e. The number of carbonyl (C=O) groups excluding carboxylic acids is 2. The molecule has 1 aliphatic carbocycles. The fraction of sp³-hybridized carbons (Fsp3) is 0.625. The molecule has 2 aliphatic heterocycles. The smallest absolute Gasteiger partial charge is 0.412 e. The van der Waals surface area contributed by atoms with Crippen LogP contribution in [-0.4, -0.2) is 65.4 Å². The number of likely N-dealkylation sites (tertiary alicyclic amines) is 1. The van der Waals surface area contributed by atoms with Gasteiger partial charge in [0.25, 0.3) is 0 Å². The molecule has 8 heteroatoms. The lowest BCUT2D eigenvalue weighted by Crippen LogP contribution is -2.50. The molecule has 3 fully saturated rings. The van der Waals surface area contributed by atoms with E-state index >= 15 is 0 Å². The van der Waals surface area contributed by atoms with Crippen molar-refractivity contribution in [3.63, 3.8) is 0 Å². The van der Waals surface area contributed by atoms with Crippen LogP contribution in [-0.2, 0) is 9.53 Å². The molecule has 32 heavy (non-hydrogen) atoms. The predicted octanol–water partition coefficient (Wildman–Crippen LogP) is 2.69. The van der Waals surface area contributed by atoms with E-state index in [1.165, 1.54) is 0 Å². The second-order valence-electron chi connectivity index (χ2n) is 9.28. The highest BCUT2D eigenvalue weighted by Gasteiger charge is 2.50. The Kier molecular flexibility index (Phi) is 6.56. The first kappa shape index (κ1) is 22.4. The lowest BCUT2D eigenvalue weighted by atomic mass is 9.78. The summed E-state index contributed by atoms with van der Waals surface area (Å²) in [7, 11) is 0. The number of nitrogens with one attached hydrogen (secondary N) is 1. The number of pyridine rings is 1. The van der Waals surface area contributed by atoms with E-state index in [9.17, 15) is 14.7 Å². The number of piperidine rings is 1. The fourth-order valence-corrected chi connectivity index (χ4v) is 5.37. The third kappa shape index (κ3) is 4.53. The number of aryl methyl sites for hydroxylation is 1. The highest BCUT2D eigenvalue weighted by molar-refractivity contribution is 5.87. The Morgan fingerprint density at radius 1 is 1.34 bits per heavy atom. The Bertz CT molecular complexity index is 906. The van der Waals surface area contributed by atoms with Gasteiger partial charge in [0.1, 0.15) is 5.82 Å². The summed E-state index contributed by atoms with van der Waals surface area (Å²) in [6, 6.07) is 2.20. The monoisotopic (exact) mass is 440 g/mol. The normalized spacial score (nSPS) is 28.0. The standard InChI is InChI=1S/C24H32N4O4/c1-3-13-32-23(31)26-20-15-25-21(14-17(20)2)27-11-4-9-24(16-27)10-12-28(22(24)30)18-5-7-19(29)8-6-18/h1,14-15,18-19,29H,4-13,16H2,2H3,(H,26,31)/t18-,19-,24-/m1/s1. The molecule has 172 valence electrons. The van der Waals surface area contributed by atoms with E-state index in [4.69, 9.17) is 11.2 Å². The number of carbonyl (C=O) groups is 2. The van der Waals surface area contributed by atoms with Crippen LogP contribution in [0.4, 0.5) is 16.3 Å². The summed E-state index contributed by atoms with van der Waals surface area (Å²) in [4.78, 5) is 34.1. The Balaban J connectivity index is 1.43. The number of rotatable bonds is 4. The molecule has 2 N–H and O–H groups in total. The number of aliphatic hydroxyl groups excluding tert-OH is 1. The fourth-order valence-electron chi connectivity index (χ4n) is 5.37. The van der Waals surface area contributed by atoms with Crippen molar-refractivity contribution in [1.82, 2.24) is 9.88 Å². The highest BCUT2D eigenvalue weighted by Crippen LogP contribution is 2.43. The molecule has 1 saturated carbocycles. The average Bonchev–Trinajstić information content (AvgIpc) is 3.09. The molecule has 8 nitrogen and oxygen atoms in total. The summed E-state index contributed by atoms with van der Waals surface area (Å²) in [5, 5.41) is 12.5. The maximum Gasteiger partial charge on any atom is 0.412 e. The first-order valence-corrected chi connectivity index (χ1v) is 11.5. The number of ether oxygens (including phenoxy) is 1. The van der Waals surface area contributed by atoms with Gasteiger partial charge in [-0.15, -0.1) is 6.42 Å². The summed E-state index contributed by atoms with van der Waals surface area (Å²) < 4.78 is 4.86. The van der Waals surface area contributed by atoms with Crippen LogP contribution in [0.25, 0.3) is 0 Å². The van der Waals surface area contributed by atoms with Crippen LogP contribution >= 0.6 is 0 Å². The van der Waals surface area contributed by atoms with Crippen molar-refractivity contribution >= 4 is 23.5 Å². The van der Waals surface area contributed by atoms with Crippen molar-refractivity contribution in [2.45, 2.75) is 64.0 Å². The molecular weight excluding hydrogens is 408 g/mol. The molecule has 1 aromatic rings. The number of nitrogens with zero attached hydrogens (tertiary/aromatic N) is 3. The maximum absolute atomic E-state index is 13.5. The van der Waals surface area contributed by atoms with Gasteiger partial charge in [0, 0.05) is 25.7 Å². The second-order valence-corrected chi connectivity index (χ2v) is 9.28. The van der Waals surface area contributed by atoms with Gasteiger partial charge in [0.05, 0.1) is 23.4 Å². The highest BCUT2D eigenvalue weighted by atomic mass is 16.5. The van der Waals surface area contributed by atoms with E-state index in [1.54, 1.807) is 6.20 Å². The topological polar surface area (TPSA) is 95.0 Å². The van der Waals surface area contributed by atoms with Crippen molar-refractivity contribution in [2.24, 2.45) is 5.41 Å². The Labute approximate surface area is 189 Å². The Morgan fingerprint density at radius 3 is 2.84 bits per heavy atom. The summed E-state index contributed by atoms with van der Waals surface area (Å²) >= 11 is 0. The van der Waals surface area contributed by atoms with Crippen molar-refractivity contribution in [1.29, 1.82) is 0 Å². The number of anilines is 2. The molecule has 3 aliphatic rings. The van der Waals surface area contributed by atoms with Gasteiger partial charge in [-0.05, 0) is 63.5 Å². The van der Waals surface area contributed by atoms with Gasteiger partial charge >= 0.3 is 6.09 Å². The third-order valence-corrected chi connectivity index (χ3v) is 7.17. The van der Waals surface area contributed by atoms with Crippen LogP contribution in [0.2, 0.25) is 0 Å². The summed E-state index contributed by atoms with van der Waals surface area (Å²) in [6.45, 7) is 4.15. The van der Waals surface area contributed by atoms with Crippen molar-refractivity contribution in [3.05, 3.63) is 17.8 Å². The molecular formula is C24H32N4O4. The van der Waals surface area contributed by atoms with Crippen LogP contribution in [0.5, 0.6) is 0 Å². The molecule has 1 spiro atoms. The Morgan fingerprint density at radius 2 is 2.12 bits per heavy atom. The zero-order valence-corrected chi connectivity index (χ0v) is 18.7. The number of hydrogen-bond donors (Lipinski definition) is 2. The van der Waals surface area contributed by atoms with Crippen LogP contribution in [0.15, 0.2) is 12.3 Å². The maximum atomic E-state index is 13.5. The molecule has 0 radical (unpaired) electrons. The molecule has 0 aromatic carbocycles. The lowest BCUT2D eigenvalue weighted by Gasteiger charge is -2.41. The van der Waals surface area contributed by atoms with E-state index in [0.29, 0.717) is 12.2 Å². The van der Waals surface area contributed by atoms with Gasteiger partial charge < -0.3 is 19.6 Å². The SMILES string of the molecule is C#CCOC(=O)Nc1cnc(N2CCC[C@@]3(CCN([C@H]4CC[C@H](O)CC4)C3=O)C2)cc1C. The van der Waals surface area contributed by atoms with Gasteiger partial charge in [0.2, 0.25) is 5.91 Å². The molecule has 0 unspecified atom stereocenters. The van der Waals surface area contributed by atoms with Crippen molar-refractivity contribution in [2.75, 3.05) is 36.5 Å². The van der Waals surface area contributed by atoms with Crippen LogP contribution < -0.4 is 10.2 Å². The minimum atomic E-state index is -0.607. The summed E-state index contributed by atoms with van der Waals surface area (Å²) in [5.41, 5.74) is 1.09. The quantitative estimate of drug-likeness (QED) is 0.699. The first-order valence-electron chi connectivity index (χ1n) is 11.5. The lowest BCUT2D eigenvalue weighted by molar-refractivity contribution is -0.139. The van der Waals surface area contributed by atoms with Crippen LogP contribution in [0.1, 0.15) is 50.5 Å². The molecule has 1 atom stereocenters. The number of aromatic nitrogens is 1. The molecule has 0 bridgehead atoms. The minimum Gasteiger partial charge on any atom is -0.436 e. The predicted molar refractivity (Wildman–Crippen MR) is 121 cm³/mol. The second kappa shape index (κ2) is 9.37. The van der Waals surface area contributed by atoms with Gasteiger partial charge in [-0.2, -0.15) is 0 Å². The van der Waals surface area contributed by atoms with Gasteiger partial charge in [0.15, 0.2) is 6.61 Å². The molecule has 2 amide bonds. The van der Waals surface area contributed by atoms with Crippen molar-refractivity contribution < 1.29 is 19.4 Å². The zero-order chi connectivity index (χ0) is 22.7. The minimum absolute atomic E-state index is 0.0846. The number of terminal acetylenes is 1. The van der Waals surface area contributed by atoms with Crippen LogP contribution in [0.3, 0.4) is 0 Å². The molecule has 3 heterocycles. The zero-order valence-electron chi connectivity index (χ0n) is 18.7. The molecule has 1 aromatic heterocycles. The number of hydrogen-bond acceptors (Lipinski definition) is 6. The number of aliphatic hydroxyl groups is 1. The van der Waals surface area contributed by atoms with Crippen molar-refractivity contribution in [3.8, 4) is 12.3 Å². The summed E-state index contributed by atoms with van der Waals surface area (Å²) in [5.74, 6) is 3.35. The van der Waals surface area contributed by atoms with E-state index < -0.39 is 6.09 Å². The van der Waals surface area contributed by atoms with Gasteiger partial charge in [-0.25, -0.2) is 9.78 Å².